The summed E-state index contributed by atoms with van der Waals surface area (Å²) >= 11 is 0. The molecule has 140 valence electrons. The number of anilines is 1. The molecule has 1 amide bonds. The average molecular weight is 375 g/mol. The fraction of sp³-hybridized carbons (Fsp3) is 0.316. The van der Waals surface area contributed by atoms with Crippen LogP contribution in [-0.2, 0) is 10.2 Å². The largest absolute Gasteiger partial charge is 0.346 e. The van der Waals surface area contributed by atoms with Crippen molar-refractivity contribution >= 4 is 21.8 Å². The zero-order valence-corrected chi connectivity index (χ0v) is 16.5. The number of benzene rings is 2. The molecule has 0 radical (unpaired) electrons. The van der Waals surface area contributed by atoms with Crippen molar-refractivity contribution in [2.24, 2.45) is 0 Å². The Morgan fingerprint density at radius 3 is 2.00 bits per heavy atom. The molecule has 2 aromatic rings. The topological polar surface area (TPSA) is 69.7 Å². The molecule has 2 aromatic carbocycles. The molecule has 0 unspecified atom stereocenters. The normalized spacial score (nSPS) is 12.7. The Balaban J connectivity index is 2.10. The van der Waals surface area contributed by atoms with Crippen molar-refractivity contribution in [2.45, 2.75) is 19.9 Å². The predicted octanol–water partition coefficient (Wildman–Crippen LogP) is 2.73. The average Bonchev–Trinajstić information content (AvgIpc) is 2.61. The van der Waals surface area contributed by atoms with Crippen molar-refractivity contribution in [3.05, 3.63) is 65.2 Å². The van der Waals surface area contributed by atoms with Gasteiger partial charge in [-0.25, -0.2) is 0 Å². The van der Waals surface area contributed by atoms with Crippen molar-refractivity contribution in [1.29, 1.82) is 0 Å². The Kier molecular flexibility index (Phi) is 6.05. The van der Waals surface area contributed by atoms with Crippen LogP contribution >= 0.6 is 0 Å². The number of rotatable bonds is 6. The molecule has 1 atom stereocenters. The molecule has 6 nitrogen and oxygen atoms in total. The molecule has 0 aliphatic carbocycles. The number of nitrogens with one attached hydrogen (secondary N) is 1. The lowest BCUT2D eigenvalue weighted by Crippen LogP contribution is -2.37. The maximum Gasteiger partial charge on any atom is 0.303 e. The van der Waals surface area contributed by atoms with Crippen molar-refractivity contribution in [3.8, 4) is 0 Å². The number of amides is 1. The van der Waals surface area contributed by atoms with Gasteiger partial charge in [0.25, 0.3) is 5.91 Å². The van der Waals surface area contributed by atoms with Crippen LogP contribution in [0.25, 0.3) is 0 Å². The van der Waals surface area contributed by atoms with E-state index in [0.29, 0.717) is 11.3 Å². The molecule has 0 bridgehead atoms. The first kappa shape index (κ1) is 19.9. The van der Waals surface area contributed by atoms with E-state index in [1.165, 1.54) is 31.0 Å². The summed E-state index contributed by atoms with van der Waals surface area (Å²) in [6.07, 6.45) is 0. The first-order valence-corrected chi connectivity index (χ1v) is 9.66. The first-order chi connectivity index (χ1) is 12.1. The zero-order valence-electron chi connectivity index (χ0n) is 15.7. The monoisotopic (exact) mass is 375 g/mol. The number of nitrogens with zero attached hydrogens (tertiary/aromatic N) is 2. The molecule has 7 heteroatoms. The van der Waals surface area contributed by atoms with Gasteiger partial charge in [-0.05, 0) is 43.7 Å². The van der Waals surface area contributed by atoms with Gasteiger partial charge in [-0.1, -0.05) is 29.8 Å². The van der Waals surface area contributed by atoms with E-state index in [1.807, 2.05) is 38.1 Å². The third-order valence-corrected chi connectivity index (χ3v) is 6.05. The van der Waals surface area contributed by atoms with Crippen LogP contribution in [-0.4, -0.2) is 39.8 Å². The Morgan fingerprint density at radius 2 is 1.50 bits per heavy atom. The molecule has 0 aromatic heterocycles. The van der Waals surface area contributed by atoms with Gasteiger partial charge < -0.3 is 5.32 Å². The van der Waals surface area contributed by atoms with Gasteiger partial charge in [0.05, 0.1) is 11.7 Å². The first-order valence-electron chi connectivity index (χ1n) is 8.27. The molecular weight excluding hydrogens is 350 g/mol. The van der Waals surface area contributed by atoms with E-state index < -0.39 is 10.2 Å². The summed E-state index contributed by atoms with van der Waals surface area (Å²) in [6.45, 7) is 3.94. The van der Waals surface area contributed by atoms with Crippen LogP contribution < -0.4 is 9.62 Å². The summed E-state index contributed by atoms with van der Waals surface area (Å²) in [7, 11) is 0.865. The van der Waals surface area contributed by atoms with Crippen LogP contribution in [0.1, 0.15) is 34.5 Å². The van der Waals surface area contributed by atoms with Crippen LogP contribution in [0.5, 0.6) is 0 Å². The van der Waals surface area contributed by atoms with Crippen molar-refractivity contribution in [1.82, 2.24) is 9.62 Å². The maximum atomic E-state index is 12.4. The van der Waals surface area contributed by atoms with E-state index in [2.05, 4.69) is 5.32 Å². The third-order valence-electron chi connectivity index (χ3n) is 4.23. The molecule has 2 rings (SSSR count). The quantitative estimate of drug-likeness (QED) is 0.844. The van der Waals surface area contributed by atoms with Crippen molar-refractivity contribution in [2.75, 3.05) is 25.4 Å². The molecule has 0 saturated heterocycles. The van der Waals surface area contributed by atoms with Gasteiger partial charge in [0.15, 0.2) is 0 Å². The highest BCUT2D eigenvalue weighted by molar-refractivity contribution is 7.90. The highest BCUT2D eigenvalue weighted by atomic mass is 32.2. The summed E-state index contributed by atoms with van der Waals surface area (Å²) in [6, 6.07) is 14.3. The molecule has 0 spiro atoms. The summed E-state index contributed by atoms with van der Waals surface area (Å²) in [4.78, 5) is 12.4. The van der Waals surface area contributed by atoms with Crippen molar-refractivity contribution in [3.63, 3.8) is 0 Å². The molecular formula is C19H25N3O3S. The van der Waals surface area contributed by atoms with Gasteiger partial charge in [-0.2, -0.15) is 12.7 Å². The number of carbonyl (C=O) groups is 1. The van der Waals surface area contributed by atoms with Gasteiger partial charge >= 0.3 is 10.2 Å². The highest BCUT2D eigenvalue weighted by Crippen LogP contribution is 2.19. The number of aryl methyl sites for hydroxylation is 1. The van der Waals surface area contributed by atoms with Gasteiger partial charge in [-0.15, -0.1) is 0 Å². The molecule has 0 fully saturated rings. The van der Waals surface area contributed by atoms with E-state index in [4.69, 9.17) is 0 Å². The minimum Gasteiger partial charge on any atom is -0.346 e. The minimum atomic E-state index is -3.56. The van der Waals surface area contributed by atoms with Gasteiger partial charge in [0.2, 0.25) is 0 Å². The second-order valence-electron chi connectivity index (χ2n) is 6.41. The third kappa shape index (κ3) is 4.42. The lowest BCUT2D eigenvalue weighted by molar-refractivity contribution is 0.0940. The van der Waals surface area contributed by atoms with Gasteiger partial charge in [0, 0.05) is 26.7 Å². The Hall–Kier alpha value is -2.38. The van der Waals surface area contributed by atoms with E-state index in [1.54, 1.807) is 24.3 Å². The van der Waals surface area contributed by atoms with Crippen LogP contribution in [0.15, 0.2) is 48.5 Å². The Labute approximate surface area is 155 Å². The summed E-state index contributed by atoms with van der Waals surface area (Å²) in [5, 5.41) is 2.95. The zero-order chi connectivity index (χ0) is 19.5. The second kappa shape index (κ2) is 7.88. The summed E-state index contributed by atoms with van der Waals surface area (Å²) < 4.78 is 26.6. The number of carbonyl (C=O) groups excluding carboxylic acids is 1. The van der Waals surface area contributed by atoms with E-state index in [9.17, 15) is 13.2 Å². The number of hydrogen-bond acceptors (Lipinski definition) is 3. The molecule has 0 heterocycles. The highest BCUT2D eigenvalue weighted by Gasteiger charge is 2.21. The molecule has 26 heavy (non-hydrogen) atoms. The fourth-order valence-electron chi connectivity index (χ4n) is 2.42. The van der Waals surface area contributed by atoms with E-state index in [-0.39, 0.29) is 11.9 Å². The number of hydrogen-bond donors (Lipinski definition) is 1. The second-order valence-corrected chi connectivity index (χ2v) is 8.58. The van der Waals surface area contributed by atoms with Crippen LogP contribution in [0.4, 0.5) is 5.69 Å². The standard InChI is InChI=1S/C19H25N3O3S/c1-14-6-8-16(9-7-14)15(2)20-19(23)17-10-12-18(13-11-17)22(5)26(24,25)21(3)4/h6-13,15H,1-5H3,(H,20,23)/t15-/m1/s1. The van der Waals surface area contributed by atoms with Crippen LogP contribution in [0.3, 0.4) is 0 Å². The van der Waals surface area contributed by atoms with Gasteiger partial charge in [-0.3, -0.25) is 9.10 Å². The molecule has 0 aliphatic heterocycles. The molecule has 1 N–H and O–H groups in total. The van der Waals surface area contributed by atoms with Crippen molar-refractivity contribution < 1.29 is 13.2 Å². The van der Waals surface area contributed by atoms with Gasteiger partial charge in [0.1, 0.15) is 0 Å². The lowest BCUT2D eigenvalue weighted by atomic mass is 10.1. The Morgan fingerprint density at radius 1 is 0.962 bits per heavy atom. The fourth-order valence-corrected chi connectivity index (χ4v) is 3.30. The summed E-state index contributed by atoms with van der Waals surface area (Å²) in [5.41, 5.74) is 3.15. The van der Waals surface area contributed by atoms with E-state index >= 15 is 0 Å². The predicted molar refractivity (Wildman–Crippen MR) is 105 cm³/mol. The minimum absolute atomic E-state index is 0.125. The van der Waals surface area contributed by atoms with Crippen LogP contribution in [0.2, 0.25) is 0 Å². The smallest absolute Gasteiger partial charge is 0.303 e. The maximum absolute atomic E-state index is 12.4. The van der Waals surface area contributed by atoms with Crippen LogP contribution in [0, 0.1) is 6.92 Å². The Bertz CT molecular complexity index is 860. The summed E-state index contributed by atoms with van der Waals surface area (Å²) in [5.74, 6) is -0.206. The van der Waals surface area contributed by atoms with E-state index in [0.717, 1.165) is 9.87 Å². The SMILES string of the molecule is Cc1ccc([C@@H](C)NC(=O)c2ccc(N(C)S(=O)(=O)N(C)C)cc2)cc1. The molecule has 0 aliphatic rings. The molecule has 0 saturated carbocycles. The lowest BCUT2D eigenvalue weighted by Gasteiger charge is -2.23.